The molecule has 2 aliphatic rings. The highest BCUT2D eigenvalue weighted by Crippen LogP contribution is 2.59. The summed E-state index contributed by atoms with van der Waals surface area (Å²) in [6.07, 6.45) is 11.3. The lowest BCUT2D eigenvalue weighted by Gasteiger charge is -2.17. The number of hydrogen-bond donors (Lipinski definition) is 2. The summed E-state index contributed by atoms with van der Waals surface area (Å²) in [6.45, 7) is 5.39. The third-order valence-electron chi connectivity index (χ3n) is 7.15. The number of cyclic esters (lactones) is 1. The van der Waals surface area contributed by atoms with Gasteiger partial charge in [0.1, 0.15) is 5.60 Å². The number of carbonyl (C=O) groups is 3. The smallest absolute Gasteiger partial charge is 0.356 e. The number of ketones is 1. The Hall–Kier alpha value is -1.47. The minimum Gasteiger partial charge on any atom is -0.448 e. The Morgan fingerprint density at radius 3 is 1.78 bits per heavy atom. The Morgan fingerprint density at radius 1 is 0.906 bits per heavy atom. The zero-order valence-corrected chi connectivity index (χ0v) is 20.1. The first kappa shape index (κ1) is 26.8. The van der Waals surface area contributed by atoms with E-state index in [0.717, 1.165) is 19.3 Å². The Morgan fingerprint density at radius 2 is 1.34 bits per heavy atom. The number of Topliss-reactive ketones (excluding diaryl/α,β-unsaturated/α-hetero) is 1. The second kappa shape index (κ2) is 12.1. The number of aliphatic hydroxyl groups is 2. The molecular weight excluding hydrogens is 412 g/mol. The van der Waals surface area contributed by atoms with Gasteiger partial charge in [0.25, 0.3) is 6.10 Å². The molecule has 2 N–H and O–H groups in total. The van der Waals surface area contributed by atoms with Gasteiger partial charge in [0.05, 0.1) is 6.10 Å². The summed E-state index contributed by atoms with van der Waals surface area (Å²) >= 11 is 0. The van der Waals surface area contributed by atoms with Crippen LogP contribution in [0.3, 0.4) is 0 Å². The lowest BCUT2D eigenvalue weighted by molar-refractivity contribution is -0.163. The van der Waals surface area contributed by atoms with Gasteiger partial charge in [0.2, 0.25) is 5.78 Å². The van der Waals surface area contributed by atoms with Crippen molar-refractivity contribution in [2.75, 3.05) is 0 Å². The SMILES string of the molecule is CCCCCCCCCCCCCCCC(=O)OC1C(=O)O[C@H]([C@@]2(O)C(O)C2(C)C)C1=O. The van der Waals surface area contributed by atoms with Crippen LogP contribution in [0.15, 0.2) is 0 Å². The zero-order valence-electron chi connectivity index (χ0n) is 20.1. The molecule has 0 amide bonds. The average molecular weight is 455 g/mol. The highest BCUT2D eigenvalue weighted by Gasteiger charge is 2.79. The van der Waals surface area contributed by atoms with Crippen LogP contribution in [0, 0.1) is 5.41 Å². The fourth-order valence-electron chi connectivity index (χ4n) is 4.61. The van der Waals surface area contributed by atoms with E-state index in [9.17, 15) is 24.6 Å². The molecule has 7 nitrogen and oxygen atoms in total. The molecule has 0 spiro atoms. The van der Waals surface area contributed by atoms with E-state index >= 15 is 0 Å². The van der Waals surface area contributed by atoms with Crippen molar-refractivity contribution < 1.29 is 34.1 Å². The predicted octanol–water partition coefficient (Wildman–Crippen LogP) is 4.01. The molecule has 4 atom stereocenters. The van der Waals surface area contributed by atoms with Crippen molar-refractivity contribution in [3.05, 3.63) is 0 Å². The molecule has 0 aromatic carbocycles. The van der Waals surface area contributed by atoms with Gasteiger partial charge in [-0.3, -0.25) is 9.59 Å². The van der Waals surface area contributed by atoms with Gasteiger partial charge in [-0.2, -0.15) is 0 Å². The first-order valence-electron chi connectivity index (χ1n) is 12.5. The number of hydrogen-bond acceptors (Lipinski definition) is 7. The van der Waals surface area contributed by atoms with E-state index in [2.05, 4.69) is 6.92 Å². The van der Waals surface area contributed by atoms with Gasteiger partial charge in [0, 0.05) is 11.8 Å². The molecule has 2 fully saturated rings. The number of unbranched alkanes of at least 4 members (excludes halogenated alkanes) is 12. The Bertz CT molecular complexity index is 644. The van der Waals surface area contributed by atoms with Gasteiger partial charge in [-0.05, 0) is 6.42 Å². The Balaban J connectivity index is 1.53. The maximum Gasteiger partial charge on any atom is 0.356 e. The second-order valence-electron chi connectivity index (χ2n) is 10.0. The Kier molecular flexibility index (Phi) is 10.1. The second-order valence-corrected chi connectivity index (χ2v) is 10.0. The molecule has 0 aromatic heterocycles. The van der Waals surface area contributed by atoms with Gasteiger partial charge in [-0.1, -0.05) is 97.8 Å². The van der Waals surface area contributed by atoms with Crippen molar-refractivity contribution in [2.24, 2.45) is 5.41 Å². The molecule has 1 saturated carbocycles. The van der Waals surface area contributed by atoms with Crippen LogP contribution in [0.4, 0.5) is 0 Å². The average Bonchev–Trinajstić information content (AvgIpc) is 2.99. The first-order valence-corrected chi connectivity index (χ1v) is 12.5. The van der Waals surface area contributed by atoms with E-state index in [4.69, 9.17) is 9.47 Å². The molecule has 32 heavy (non-hydrogen) atoms. The van der Waals surface area contributed by atoms with E-state index < -0.39 is 47.0 Å². The van der Waals surface area contributed by atoms with Crippen molar-refractivity contribution in [1.29, 1.82) is 0 Å². The first-order chi connectivity index (χ1) is 15.2. The van der Waals surface area contributed by atoms with Crippen molar-refractivity contribution in [3.63, 3.8) is 0 Å². The summed E-state index contributed by atoms with van der Waals surface area (Å²) < 4.78 is 10.0. The molecule has 1 aliphatic heterocycles. The molecule has 0 aromatic rings. The van der Waals surface area contributed by atoms with Crippen LogP contribution in [0.2, 0.25) is 0 Å². The van der Waals surface area contributed by atoms with Gasteiger partial charge >= 0.3 is 11.9 Å². The number of esters is 2. The van der Waals surface area contributed by atoms with E-state index in [1.165, 1.54) is 57.8 Å². The van der Waals surface area contributed by atoms with Gasteiger partial charge in [-0.25, -0.2) is 4.79 Å². The van der Waals surface area contributed by atoms with Gasteiger partial charge < -0.3 is 19.7 Å². The lowest BCUT2D eigenvalue weighted by atomic mass is 9.98. The van der Waals surface area contributed by atoms with E-state index in [1.807, 2.05) is 0 Å². The summed E-state index contributed by atoms with van der Waals surface area (Å²) in [5, 5.41) is 20.4. The third kappa shape index (κ3) is 6.31. The van der Waals surface area contributed by atoms with Crippen molar-refractivity contribution >= 4 is 17.7 Å². The number of rotatable bonds is 16. The molecule has 1 heterocycles. The van der Waals surface area contributed by atoms with Crippen molar-refractivity contribution in [3.8, 4) is 0 Å². The largest absolute Gasteiger partial charge is 0.448 e. The highest BCUT2D eigenvalue weighted by atomic mass is 16.6. The quantitative estimate of drug-likeness (QED) is 0.206. The van der Waals surface area contributed by atoms with Crippen molar-refractivity contribution in [1.82, 2.24) is 0 Å². The van der Waals surface area contributed by atoms with Gasteiger partial charge in [0.15, 0.2) is 6.10 Å². The fourth-order valence-corrected chi connectivity index (χ4v) is 4.61. The zero-order chi connectivity index (χ0) is 23.8. The fraction of sp³-hybridized carbons (Fsp3) is 0.880. The monoisotopic (exact) mass is 454 g/mol. The molecule has 0 bridgehead atoms. The van der Waals surface area contributed by atoms with Crippen LogP contribution in [0.1, 0.15) is 111 Å². The topological polar surface area (TPSA) is 110 Å². The van der Waals surface area contributed by atoms with E-state index in [0.29, 0.717) is 6.42 Å². The molecule has 7 heteroatoms. The van der Waals surface area contributed by atoms with Crippen LogP contribution < -0.4 is 0 Å². The summed E-state index contributed by atoms with van der Waals surface area (Å²) in [5.74, 6) is -2.41. The lowest BCUT2D eigenvalue weighted by Crippen LogP contribution is -2.41. The predicted molar refractivity (Wildman–Crippen MR) is 120 cm³/mol. The van der Waals surface area contributed by atoms with Crippen LogP contribution in [-0.4, -0.2) is 51.8 Å². The standard InChI is InChI=1S/C25H42O7/c1-4-5-6-7-8-9-10-11-12-13-14-15-16-17-18(26)31-20-19(27)21(32-22(20)28)25(30)23(29)24(25,2)3/h20-21,23,29-30H,4-17H2,1-3H3/t20?,21-,23?,25+/m0/s1. The highest BCUT2D eigenvalue weighted by molar-refractivity contribution is 6.11. The maximum atomic E-state index is 12.5. The molecule has 1 aliphatic carbocycles. The number of carbonyl (C=O) groups excluding carboxylic acids is 3. The van der Waals surface area contributed by atoms with E-state index in [-0.39, 0.29) is 6.42 Å². The van der Waals surface area contributed by atoms with Crippen LogP contribution >= 0.6 is 0 Å². The van der Waals surface area contributed by atoms with Crippen LogP contribution in [0.5, 0.6) is 0 Å². The molecular formula is C25H42O7. The summed E-state index contributed by atoms with van der Waals surface area (Å²) in [6, 6.07) is 0. The Labute approximate surface area is 192 Å². The van der Waals surface area contributed by atoms with E-state index in [1.54, 1.807) is 13.8 Å². The summed E-state index contributed by atoms with van der Waals surface area (Å²) in [7, 11) is 0. The molecule has 2 unspecified atom stereocenters. The normalized spacial score (nSPS) is 28.6. The minimum absolute atomic E-state index is 0.137. The summed E-state index contributed by atoms with van der Waals surface area (Å²) in [5.41, 5.74) is -2.81. The maximum absolute atomic E-state index is 12.5. The molecule has 1 saturated heterocycles. The summed E-state index contributed by atoms with van der Waals surface area (Å²) in [4.78, 5) is 36.5. The minimum atomic E-state index is -1.84. The number of ether oxygens (including phenoxy) is 2. The van der Waals surface area contributed by atoms with Crippen LogP contribution in [-0.2, 0) is 23.9 Å². The molecule has 0 radical (unpaired) electrons. The third-order valence-corrected chi connectivity index (χ3v) is 7.15. The van der Waals surface area contributed by atoms with Crippen molar-refractivity contribution in [2.45, 2.75) is 135 Å². The van der Waals surface area contributed by atoms with Crippen LogP contribution in [0.25, 0.3) is 0 Å². The molecule has 184 valence electrons. The molecule has 2 rings (SSSR count). The van der Waals surface area contributed by atoms with Gasteiger partial charge in [-0.15, -0.1) is 0 Å². The number of aliphatic hydroxyl groups excluding tert-OH is 1.